The molecule has 2 aromatic rings. The molecule has 27 heavy (non-hydrogen) atoms. The number of amides is 2. The number of ether oxygens (including phenoxy) is 1. The lowest BCUT2D eigenvalue weighted by Gasteiger charge is -2.15. The molecule has 0 aliphatic heterocycles. The molecule has 0 aliphatic carbocycles. The third kappa shape index (κ3) is 6.13. The molecule has 0 heterocycles. The highest BCUT2D eigenvalue weighted by atomic mass is 16.5. The van der Waals surface area contributed by atoms with E-state index in [1.165, 1.54) is 5.56 Å². The Morgan fingerprint density at radius 1 is 0.963 bits per heavy atom. The van der Waals surface area contributed by atoms with Crippen molar-refractivity contribution < 1.29 is 14.3 Å². The van der Waals surface area contributed by atoms with E-state index in [4.69, 9.17) is 4.74 Å². The van der Waals surface area contributed by atoms with Crippen molar-refractivity contribution in [3.05, 3.63) is 59.7 Å². The fraction of sp³-hybridized carbons (Fsp3) is 0.364. The Kier molecular flexibility index (Phi) is 7.41. The largest absolute Gasteiger partial charge is 0.481 e. The molecule has 0 fully saturated rings. The molecule has 0 radical (unpaired) electrons. The Hall–Kier alpha value is -2.82. The number of benzene rings is 2. The maximum absolute atomic E-state index is 12.3. The second-order valence-corrected chi connectivity index (χ2v) is 6.81. The van der Waals surface area contributed by atoms with Gasteiger partial charge in [0, 0.05) is 17.8 Å². The zero-order valence-electron chi connectivity index (χ0n) is 16.4. The average molecular weight is 368 g/mol. The number of hydrogen-bond donors (Lipinski definition) is 2. The van der Waals surface area contributed by atoms with Gasteiger partial charge in [0.15, 0.2) is 6.10 Å². The molecule has 1 atom stereocenters. The van der Waals surface area contributed by atoms with E-state index in [0.717, 1.165) is 6.42 Å². The Balaban J connectivity index is 1.90. The van der Waals surface area contributed by atoms with Gasteiger partial charge in [-0.1, -0.05) is 32.9 Å². The number of nitrogens with one attached hydrogen (secondary N) is 2. The van der Waals surface area contributed by atoms with E-state index in [1.807, 2.05) is 31.2 Å². The highest BCUT2D eigenvalue weighted by Crippen LogP contribution is 2.20. The summed E-state index contributed by atoms with van der Waals surface area (Å²) in [6.07, 6.45) is 0.250. The monoisotopic (exact) mass is 368 g/mol. The van der Waals surface area contributed by atoms with Crippen LogP contribution < -0.4 is 15.4 Å². The topological polar surface area (TPSA) is 67.4 Å². The molecule has 0 bridgehead atoms. The summed E-state index contributed by atoms with van der Waals surface area (Å²) >= 11 is 0. The summed E-state index contributed by atoms with van der Waals surface area (Å²) in [5.41, 5.74) is 2.41. The fourth-order valence-electron chi connectivity index (χ4n) is 2.48. The average Bonchev–Trinajstić information content (AvgIpc) is 2.67. The number of carbonyl (C=O) groups excluding carboxylic acids is 2. The maximum Gasteiger partial charge on any atom is 0.265 e. The van der Waals surface area contributed by atoms with E-state index in [-0.39, 0.29) is 11.8 Å². The van der Waals surface area contributed by atoms with Gasteiger partial charge in [0.2, 0.25) is 0 Å². The zero-order chi connectivity index (χ0) is 19.8. The van der Waals surface area contributed by atoms with Crippen molar-refractivity contribution in [3.63, 3.8) is 0 Å². The first-order valence-corrected chi connectivity index (χ1v) is 9.36. The first-order valence-electron chi connectivity index (χ1n) is 9.36. The van der Waals surface area contributed by atoms with Gasteiger partial charge in [-0.25, -0.2) is 0 Å². The van der Waals surface area contributed by atoms with E-state index >= 15 is 0 Å². The lowest BCUT2D eigenvalue weighted by molar-refractivity contribution is -0.122. The van der Waals surface area contributed by atoms with Crippen LogP contribution in [0.5, 0.6) is 5.75 Å². The van der Waals surface area contributed by atoms with Crippen LogP contribution in [0.15, 0.2) is 48.5 Å². The predicted molar refractivity (Wildman–Crippen MR) is 108 cm³/mol. The molecular formula is C22H28N2O3. The van der Waals surface area contributed by atoms with Crippen molar-refractivity contribution in [2.75, 3.05) is 11.9 Å². The lowest BCUT2D eigenvalue weighted by atomic mass is 10.0. The second kappa shape index (κ2) is 9.76. The molecular weight excluding hydrogens is 340 g/mol. The third-order valence-corrected chi connectivity index (χ3v) is 4.18. The van der Waals surface area contributed by atoms with Crippen LogP contribution in [0.2, 0.25) is 0 Å². The zero-order valence-corrected chi connectivity index (χ0v) is 16.4. The van der Waals surface area contributed by atoms with Gasteiger partial charge in [0.1, 0.15) is 5.75 Å². The van der Waals surface area contributed by atoms with Crippen molar-refractivity contribution >= 4 is 17.5 Å². The molecule has 2 rings (SSSR count). The molecule has 2 aromatic carbocycles. The Morgan fingerprint density at radius 2 is 1.59 bits per heavy atom. The molecule has 2 N–H and O–H groups in total. The molecule has 5 nitrogen and oxygen atoms in total. The van der Waals surface area contributed by atoms with Gasteiger partial charge < -0.3 is 15.4 Å². The minimum Gasteiger partial charge on any atom is -0.481 e. The SMILES string of the molecule is CCCNC(=O)c1ccc(NC(=O)C(C)Oc2ccc(C(C)C)cc2)cc1. The van der Waals surface area contributed by atoms with Crippen molar-refractivity contribution in [2.24, 2.45) is 0 Å². The van der Waals surface area contributed by atoms with Crippen molar-refractivity contribution in [3.8, 4) is 5.75 Å². The minimum absolute atomic E-state index is 0.115. The molecule has 0 aromatic heterocycles. The summed E-state index contributed by atoms with van der Waals surface area (Å²) in [6.45, 7) is 8.61. The second-order valence-electron chi connectivity index (χ2n) is 6.81. The molecule has 2 amide bonds. The van der Waals surface area contributed by atoms with E-state index < -0.39 is 6.10 Å². The van der Waals surface area contributed by atoms with E-state index in [0.29, 0.717) is 29.5 Å². The van der Waals surface area contributed by atoms with Crippen LogP contribution in [0.4, 0.5) is 5.69 Å². The van der Waals surface area contributed by atoms with Gasteiger partial charge in [0.25, 0.3) is 11.8 Å². The van der Waals surface area contributed by atoms with E-state index in [2.05, 4.69) is 24.5 Å². The van der Waals surface area contributed by atoms with Crippen LogP contribution in [0.1, 0.15) is 56.0 Å². The van der Waals surface area contributed by atoms with E-state index in [9.17, 15) is 9.59 Å². The predicted octanol–water partition coefficient (Wildman–Crippen LogP) is 4.36. The summed E-state index contributed by atoms with van der Waals surface area (Å²) < 4.78 is 5.71. The van der Waals surface area contributed by atoms with Gasteiger partial charge >= 0.3 is 0 Å². The normalized spacial score (nSPS) is 11.7. The number of rotatable bonds is 8. The standard InChI is InChI=1S/C22H28N2O3/c1-5-14-23-22(26)18-6-10-19(11-7-18)24-21(25)16(4)27-20-12-8-17(9-13-20)15(2)3/h6-13,15-16H,5,14H2,1-4H3,(H,23,26)(H,24,25). The van der Waals surface area contributed by atoms with Crippen molar-refractivity contribution in [2.45, 2.75) is 46.1 Å². The molecule has 5 heteroatoms. The van der Waals surface area contributed by atoms with E-state index in [1.54, 1.807) is 31.2 Å². The van der Waals surface area contributed by atoms with Crippen LogP contribution in [-0.2, 0) is 4.79 Å². The number of carbonyl (C=O) groups is 2. The first kappa shape index (κ1) is 20.5. The summed E-state index contributed by atoms with van der Waals surface area (Å²) in [5.74, 6) is 0.749. The van der Waals surface area contributed by atoms with Crippen LogP contribution in [-0.4, -0.2) is 24.5 Å². The molecule has 0 saturated carbocycles. The van der Waals surface area contributed by atoms with Crippen LogP contribution >= 0.6 is 0 Å². The van der Waals surface area contributed by atoms with Crippen LogP contribution in [0, 0.1) is 0 Å². The van der Waals surface area contributed by atoms with Gasteiger partial charge in [-0.15, -0.1) is 0 Å². The first-order chi connectivity index (χ1) is 12.9. The van der Waals surface area contributed by atoms with Crippen LogP contribution in [0.3, 0.4) is 0 Å². The molecule has 0 saturated heterocycles. The number of hydrogen-bond acceptors (Lipinski definition) is 3. The molecule has 1 unspecified atom stereocenters. The Bertz CT molecular complexity index is 752. The maximum atomic E-state index is 12.3. The fourth-order valence-corrected chi connectivity index (χ4v) is 2.48. The Morgan fingerprint density at radius 3 is 2.15 bits per heavy atom. The summed E-state index contributed by atoms with van der Waals surface area (Å²) in [6, 6.07) is 14.6. The summed E-state index contributed by atoms with van der Waals surface area (Å²) in [4.78, 5) is 24.2. The Labute approximate surface area is 161 Å². The van der Waals surface area contributed by atoms with Gasteiger partial charge in [-0.3, -0.25) is 9.59 Å². The number of anilines is 1. The van der Waals surface area contributed by atoms with Crippen molar-refractivity contribution in [1.29, 1.82) is 0 Å². The van der Waals surface area contributed by atoms with Gasteiger partial charge in [0.05, 0.1) is 0 Å². The third-order valence-electron chi connectivity index (χ3n) is 4.18. The minimum atomic E-state index is -0.637. The van der Waals surface area contributed by atoms with Gasteiger partial charge in [-0.05, 0) is 61.2 Å². The molecule has 144 valence electrons. The molecule has 0 aliphatic rings. The summed E-state index contributed by atoms with van der Waals surface area (Å²) in [5, 5.41) is 5.62. The quantitative estimate of drug-likeness (QED) is 0.728. The van der Waals surface area contributed by atoms with Crippen molar-refractivity contribution in [1.82, 2.24) is 5.32 Å². The lowest BCUT2D eigenvalue weighted by Crippen LogP contribution is -2.30. The smallest absolute Gasteiger partial charge is 0.265 e. The highest BCUT2D eigenvalue weighted by Gasteiger charge is 2.15. The van der Waals surface area contributed by atoms with Gasteiger partial charge in [-0.2, -0.15) is 0 Å². The summed E-state index contributed by atoms with van der Waals surface area (Å²) in [7, 11) is 0. The molecule has 0 spiro atoms. The van der Waals surface area contributed by atoms with Crippen LogP contribution in [0.25, 0.3) is 0 Å². The highest BCUT2D eigenvalue weighted by molar-refractivity contribution is 5.96.